The Kier molecular flexibility index (Phi) is 11.2. The first-order valence-corrected chi connectivity index (χ1v) is 9.80. The van der Waals surface area contributed by atoms with Crippen molar-refractivity contribution in [2.45, 2.75) is 31.9 Å². The molecule has 0 aliphatic carbocycles. The van der Waals surface area contributed by atoms with E-state index in [1.54, 1.807) is 19.0 Å². The second kappa shape index (κ2) is 12.6. The van der Waals surface area contributed by atoms with Gasteiger partial charge < -0.3 is 19.9 Å². The summed E-state index contributed by atoms with van der Waals surface area (Å²) in [5.41, 5.74) is 1.18. The van der Waals surface area contributed by atoms with Crippen LogP contribution < -0.4 is 5.32 Å². The van der Waals surface area contributed by atoms with Crippen molar-refractivity contribution < 1.29 is 9.53 Å². The Bertz CT molecular complexity index is 604. The molecule has 1 aromatic rings. The molecule has 152 valence electrons. The fourth-order valence-electron chi connectivity index (χ4n) is 2.71. The number of rotatable bonds is 6. The smallest absolute Gasteiger partial charge is 0.243 e. The lowest BCUT2D eigenvalue weighted by molar-refractivity contribution is -0.127. The first kappa shape index (κ1) is 24.2. The highest BCUT2D eigenvalue weighted by Crippen LogP contribution is 2.13. The third-order valence-corrected chi connectivity index (χ3v) is 4.85. The summed E-state index contributed by atoms with van der Waals surface area (Å²) in [5, 5.41) is 3.39. The molecule has 1 aliphatic rings. The van der Waals surface area contributed by atoms with Crippen molar-refractivity contribution in [3.8, 4) is 0 Å². The molecule has 0 saturated carbocycles. The maximum absolute atomic E-state index is 11.9. The summed E-state index contributed by atoms with van der Waals surface area (Å²) >= 11 is 3.46. The van der Waals surface area contributed by atoms with Gasteiger partial charge in [0.2, 0.25) is 5.91 Å². The molecule has 1 atom stereocenters. The van der Waals surface area contributed by atoms with E-state index in [0.29, 0.717) is 13.1 Å². The van der Waals surface area contributed by atoms with E-state index in [2.05, 4.69) is 38.4 Å². The summed E-state index contributed by atoms with van der Waals surface area (Å²) in [6.07, 6.45) is 3.61. The van der Waals surface area contributed by atoms with E-state index in [-0.39, 0.29) is 42.5 Å². The van der Waals surface area contributed by atoms with E-state index in [0.717, 1.165) is 29.9 Å². The van der Waals surface area contributed by atoms with Crippen LogP contribution in [0, 0.1) is 0 Å². The van der Waals surface area contributed by atoms with Gasteiger partial charge in [0.15, 0.2) is 5.96 Å². The predicted molar refractivity (Wildman–Crippen MR) is 124 cm³/mol. The molecule has 8 heteroatoms. The summed E-state index contributed by atoms with van der Waals surface area (Å²) in [5.74, 6) is 0.701. The molecule has 1 heterocycles. The van der Waals surface area contributed by atoms with Crippen molar-refractivity contribution >= 4 is 51.8 Å². The second-order valence-electron chi connectivity index (χ2n) is 6.78. The number of halogens is 2. The molecule has 2 rings (SSSR count). The lowest BCUT2D eigenvalue weighted by Gasteiger charge is -2.27. The van der Waals surface area contributed by atoms with Crippen molar-refractivity contribution in [2.24, 2.45) is 4.99 Å². The van der Waals surface area contributed by atoms with E-state index >= 15 is 0 Å². The number of carbonyl (C=O) groups is 1. The van der Waals surface area contributed by atoms with Gasteiger partial charge in [-0.1, -0.05) is 28.1 Å². The molecule has 0 spiro atoms. The minimum absolute atomic E-state index is 0. The van der Waals surface area contributed by atoms with E-state index in [9.17, 15) is 4.79 Å². The van der Waals surface area contributed by atoms with Gasteiger partial charge in [0, 0.05) is 45.3 Å². The van der Waals surface area contributed by atoms with Gasteiger partial charge in [0.1, 0.15) is 6.54 Å². The van der Waals surface area contributed by atoms with E-state index in [4.69, 9.17) is 4.74 Å². The average Bonchev–Trinajstić information content (AvgIpc) is 2.64. The monoisotopic (exact) mass is 552 g/mol. The molecule has 1 amide bonds. The summed E-state index contributed by atoms with van der Waals surface area (Å²) < 4.78 is 6.84. The number of guanidine groups is 1. The Morgan fingerprint density at radius 2 is 1.96 bits per heavy atom. The maximum Gasteiger partial charge on any atom is 0.243 e. The molecule has 1 fully saturated rings. The van der Waals surface area contributed by atoms with Gasteiger partial charge >= 0.3 is 0 Å². The van der Waals surface area contributed by atoms with Gasteiger partial charge in [0.05, 0.1) is 6.10 Å². The van der Waals surface area contributed by atoms with Crippen molar-refractivity contribution in [3.63, 3.8) is 0 Å². The Balaban J connectivity index is 0.00000364. The number of carbonyl (C=O) groups excluding carboxylic acids is 1. The first-order valence-electron chi connectivity index (χ1n) is 9.01. The third-order valence-electron chi connectivity index (χ3n) is 4.32. The van der Waals surface area contributed by atoms with Crippen LogP contribution in [0.4, 0.5) is 0 Å². The third kappa shape index (κ3) is 8.78. The second-order valence-corrected chi connectivity index (χ2v) is 7.70. The number of likely N-dealkylation sites (N-methyl/N-ethyl adjacent to an activating group) is 1. The Hall–Kier alpha value is -0.870. The van der Waals surface area contributed by atoms with Crippen molar-refractivity contribution in [3.05, 3.63) is 34.3 Å². The topological polar surface area (TPSA) is 57.2 Å². The zero-order chi connectivity index (χ0) is 18.9. The minimum atomic E-state index is -0.0183. The summed E-state index contributed by atoms with van der Waals surface area (Å²) in [4.78, 5) is 20.0. The van der Waals surface area contributed by atoms with Crippen LogP contribution in [0.25, 0.3) is 0 Å². The van der Waals surface area contributed by atoms with Gasteiger partial charge in [-0.05, 0) is 37.0 Å². The van der Waals surface area contributed by atoms with Crippen LogP contribution in [0.1, 0.15) is 24.8 Å². The summed E-state index contributed by atoms with van der Waals surface area (Å²) in [7, 11) is 5.47. The Morgan fingerprint density at radius 3 is 2.56 bits per heavy atom. The lowest BCUT2D eigenvalue weighted by atomic mass is 10.1. The highest BCUT2D eigenvalue weighted by molar-refractivity contribution is 14.0. The van der Waals surface area contributed by atoms with Crippen molar-refractivity contribution in [1.29, 1.82) is 0 Å². The fraction of sp³-hybridized carbons (Fsp3) is 0.579. The van der Waals surface area contributed by atoms with Crippen molar-refractivity contribution in [2.75, 3.05) is 40.8 Å². The van der Waals surface area contributed by atoms with Crippen molar-refractivity contribution in [1.82, 2.24) is 15.1 Å². The average molecular weight is 553 g/mol. The summed E-state index contributed by atoms with van der Waals surface area (Å²) in [6.45, 7) is 2.37. The molecule has 1 aliphatic heterocycles. The Labute approximate surface area is 187 Å². The van der Waals surface area contributed by atoms with Crippen LogP contribution in [-0.2, 0) is 16.1 Å². The van der Waals surface area contributed by atoms with Crippen LogP contribution in [-0.4, -0.2) is 68.6 Å². The van der Waals surface area contributed by atoms with Gasteiger partial charge in [-0.2, -0.15) is 0 Å². The van der Waals surface area contributed by atoms with Crippen LogP contribution >= 0.6 is 39.9 Å². The number of amides is 1. The number of nitrogens with one attached hydrogen (secondary N) is 1. The molecule has 6 nitrogen and oxygen atoms in total. The number of ether oxygens (including phenoxy) is 1. The molecule has 0 radical (unpaired) electrons. The number of nitrogens with zero attached hydrogens (tertiary/aromatic N) is 3. The normalized spacial score (nSPS) is 17.0. The lowest BCUT2D eigenvalue weighted by Crippen LogP contribution is -2.43. The largest absolute Gasteiger partial charge is 0.376 e. The Morgan fingerprint density at radius 1 is 1.26 bits per heavy atom. The number of hydrogen-bond acceptors (Lipinski definition) is 3. The van der Waals surface area contributed by atoms with E-state index in [1.807, 2.05) is 24.1 Å². The van der Waals surface area contributed by atoms with E-state index < -0.39 is 0 Å². The first-order chi connectivity index (χ1) is 12.5. The van der Waals surface area contributed by atoms with Crippen LogP contribution in [0.15, 0.2) is 33.7 Å². The highest BCUT2D eigenvalue weighted by Gasteiger charge is 2.16. The molecule has 1 N–H and O–H groups in total. The maximum atomic E-state index is 11.9. The van der Waals surface area contributed by atoms with Gasteiger partial charge in [0.25, 0.3) is 0 Å². The van der Waals surface area contributed by atoms with Crippen LogP contribution in [0.3, 0.4) is 0 Å². The number of hydrogen-bond donors (Lipinski definition) is 1. The molecular formula is C19H30BrIN4O2. The van der Waals surface area contributed by atoms with Gasteiger partial charge in [-0.15, -0.1) is 24.0 Å². The fourth-order valence-corrected chi connectivity index (χ4v) is 2.97. The van der Waals surface area contributed by atoms with Crippen LogP contribution in [0.5, 0.6) is 0 Å². The number of benzene rings is 1. The standard InChI is InChI=1S/C19H29BrN4O2.HI/c1-23(2)18(25)13-22-19(21-12-17-6-4-5-11-26-17)24(3)14-15-7-9-16(20)10-8-15;/h7-10,17H,4-6,11-14H2,1-3H3,(H,21,22);1H. The van der Waals surface area contributed by atoms with Gasteiger partial charge in [-0.3, -0.25) is 4.79 Å². The minimum Gasteiger partial charge on any atom is -0.376 e. The molecular weight excluding hydrogens is 523 g/mol. The summed E-state index contributed by atoms with van der Waals surface area (Å²) in [6, 6.07) is 8.21. The van der Waals surface area contributed by atoms with Crippen LogP contribution in [0.2, 0.25) is 0 Å². The highest BCUT2D eigenvalue weighted by atomic mass is 127. The van der Waals surface area contributed by atoms with Gasteiger partial charge in [-0.25, -0.2) is 4.99 Å². The zero-order valence-corrected chi connectivity index (χ0v) is 20.2. The van der Waals surface area contributed by atoms with E-state index in [1.165, 1.54) is 12.0 Å². The molecule has 1 unspecified atom stereocenters. The quantitative estimate of drug-likeness (QED) is 0.335. The number of aliphatic imine (C=N–C) groups is 1. The molecule has 0 aromatic heterocycles. The molecule has 1 aromatic carbocycles. The molecule has 1 saturated heterocycles. The predicted octanol–water partition coefficient (Wildman–Crippen LogP) is 3.10. The molecule has 27 heavy (non-hydrogen) atoms. The molecule has 0 bridgehead atoms. The SMILES string of the molecule is CN(C)C(=O)CN=C(NCC1CCCCO1)N(C)Cc1ccc(Br)cc1.I. The zero-order valence-electron chi connectivity index (χ0n) is 16.3.